The van der Waals surface area contributed by atoms with Crippen molar-refractivity contribution < 1.29 is 0 Å². The standard InChI is InChI=1S/C13H17N.ClH/c1-10-3-5-11(6-4-10)13-7-12(13)8-14(2)9-13;/h3-6,12H,7-9H2,1-2H3;1H. The number of likely N-dealkylation sites (N-methyl/N-ethyl adjacent to an activating group) is 1. The van der Waals surface area contributed by atoms with Gasteiger partial charge in [-0.2, -0.15) is 0 Å². The Labute approximate surface area is 97.9 Å². The Morgan fingerprint density at radius 3 is 2.47 bits per heavy atom. The Bertz CT molecular complexity index is 359. The van der Waals surface area contributed by atoms with E-state index in [1.165, 1.54) is 25.1 Å². The first-order valence-corrected chi connectivity index (χ1v) is 5.46. The minimum atomic E-state index is 0. The van der Waals surface area contributed by atoms with Crippen molar-refractivity contribution in [2.24, 2.45) is 5.92 Å². The van der Waals surface area contributed by atoms with Gasteiger partial charge in [0.25, 0.3) is 0 Å². The highest BCUT2D eigenvalue weighted by atomic mass is 35.5. The van der Waals surface area contributed by atoms with E-state index in [-0.39, 0.29) is 12.4 Å². The van der Waals surface area contributed by atoms with E-state index in [1.807, 2.05) is 0 Å². The first kappa shape index (κ1) is 11.0. The van der Waals surface area contributed by atoms with E-state index in [0.717, 1.165) is 5.92 Å². The quantitative estimate of drug-likeness (QED) is 0.708. The summed E-state index contributed by atoms with van der Waals surface area (Å²) < 4.78 is 0. The van der Waals surface area contributed by atoms with Gasteiger partial charge in [0, 0.05) is 18.5 Å². The molecule has 1 aromatic carbocycles. The first-order valence-electron chi connectivity index (χ1n) is 5.46. The summed E-state index contributed by atoms with van der Waals surface area (Å²) in [5, 5.41) is 0. The van der Waals surface area contributed by atoms with Crippen LogP contribution in [0.5, 0.6) is 0 Å². The molecular formula is C13H18ClN. The number of aryl methyl sites for hydroxylation is 1. The molecule has 2 aliphatic rings. The largest absolute Gasteiger partial charge is 0.305 e. The van der Waals surface area contributed by atoms with Crippen molar-refractivity contribution in [1.82, 2.24) is 4.90 Å². The zero-order valence-electron chi connectivity index (χ0n) is 9.36. The van der Waals surface area contributed by atoms with Gasteiger partial charge in [0.15, 0.2) is 0 Å². The fourth-order valence-corrected chi connectivity index (χ4v) is 3.07. The predicted octanol–water partition coefficient (Wildman–Crippen LogP) is 2.62. The molecular weight excluding hydrogens is 206 g/mol. The van der Waals surface area contributed by atoms with Crippen molar-refractivity contribution in [3.63, 3.8) is 0 Å². The van der Waals surface area contributed by atoms with Crippen LogP contribution < -0.4 is 0 Å². The summed E-state index contributed by atoms with van der Waals surface area (Å²) in [6.45, 7) is 4.72. The predicted molar refractivity (Wildman–Crippen MR) is 65.7 cm³/mol. The topological polar surface area (TPSA) is 3.24 Å². The third-order valence-corrected chi connectivity index (χ3v) is 3.94. The second kappa shape index (κ2) is 3.50. The Balaban J connectivity index is 0.000000853. The summed E-state index contributed by atoms with van der Waals surface area (Å²) in [6.07, 6.45) is 1.42. The highest BCUT2D eigenvalue weighted by molar-refractivity contribution is 5.85. The van der Waals surface area contributed by atoms with E-state index in [1.54, 1.807) is 5.56 Å². The summed E-state index contributed by atoms with van der Waals surface area (Å²) in [5.74, 6) is 0.940. The fraction of sp³-hybridized carbons (Fsp3) is 0.538. The number of fused-ring (bicyclic) bond motifs is 1. The van der Waals surface area contributed by atoms with Gasteiger partial charge in [-0.15, -0.1) is 12.4 Å². The molecule has 2 heteroatoms. The van der Waals surface area contributed by atoms with Crippen LogP contribution in [0.2, 0.25) is 0 Å². The van der Waals surface area contributed by atoms with Crippen LogP contribution in [0.15, 0.2) is 24.3 Å². The van der Waals surface area contributed by atoms with Crippen molar-refractivity contribution in [2.75, 3.05) is 20.1 Å². The van der Waals surface area contributed by atoms with E-state index in [9.17, 15) is 0 Å². The first-order chi connectivity index (χ1) is 6.71. The minimum absolute atomic E-state index is 0. The lowest BCUT2D eigenvalue weighted by atomic mass is 9.94. The number of halogens is 1. The molecule has 1 saturated heterocycles. The van der Waals surface area contributed by atoms with Crippen molar-refractivity contribution in [3.05, 3.63) is 35.4 Å². The average molecular weight is 224 g/mol. The van der Waals surface area contributed by atoms with Crippen molar-refractivity contribution in [2.45, 2.75) is 18.8 Å². The van der Waals surface area contributed by atoms with E-state index in [0.29, 0.717) is 5.41 Å². The Morgan fingerprint density at radius 1 is 1.27 bits per heavy atom. The van der Waals surface area contributed by atoms with Gasteiger partial charge in [-0.25, -0.2) is 0 Å². The van der Waals surface area contributed by atoms with Gasteiger partial charge in [0.1, 0.15) is 0 Å². The number of hydrogen-bond acceptors (Lipinski definition) is 1. The lowest BCUT2D eigenvalue weighted by Crippen LogP contribution is -2.22. The van der Waals surface area contributed by atoms with Gasteiger partial charge in [0.05, 0.1) is 0 Å². The van der Waals surface area contributed by atoms with Crippen LogP contribution in [0, 0.1) is 12.8 Å². The third-order valence-electron chi connectivity index (χ3n) is 3.94. The number of likely N-dealkylation sites (tertiary alicyclic amines) is 1. The molecule has 15 heavy (non-hydrogen) atoms. The number of benzene rings is 1. The van der Waals surface area contributed by atoms with Crippen molar-refractivity contribution in [3.8, 4) is 0 Å². The molecule has 2 fully saturated rings. The van der Waals surface area contributed by atoms with Crippen LogP contribution in [0.1, 0.15) is 17.5 Å². The molecule has 2 unspecified atom stereocenters. The number of rotatable bonds is 1. The summed E-state index contributed by atoms with van der Waals surface area (Å²) >= 11 is 0. The molecule has 1 aliphatic carbocycles. The zero-order chi connectivity index (χ0) is 9.76. The van der Waals surface area contributed by atoms with E-state index < -0.39 is 0 Å². The molecule has 1 heterocycles. The lowest BCUT2D eigenvalue weighted by Gasteiger charge is -2.16. The normalized spacial score (nSPS) is 33.3. The molecule has 3 rings (SSSR count). The van der Waals surface area contributed by atoms with Crippen LogP contribution in [0.3, 0.4) is 0 Å². The molecule has 0 bridgehead atoms. The molecule has 0 radical (unpaired) electrons. The maximum atomic E-state index is 2.47. The van der Waals surface area contributed by atoms with Crippen LogP contribution in [0.4, 0.5) is 0 Å². The molecule has 1 aromatic rings. The Morgan fingerprint density at radius 2 is 1.93 bits per heavy atom. The van der Waals surface area contributed by atoms with Crippen LogP contribution >= 0.6 is 12.4 Å². The molecule has 0 aromatic heterocycles. The zero-order valence-corrected chi connectivity index (χ0v) is 10.2. The van der Waals surface area contributed by atoms with Crippen molar-refractivity contribution in [1.29, 1.82) is 0 Å². The van der Waals surface area contributed by atoms with Crippen molar-refractivity contribution >= 4 is 12.4 Å². The van der Waals surface area contributed by atoms with Gasteiger partial charge in [0.2, 0.25) is 0 Å². The highest BCUT2D eigenvalue weighted by Gasteiger charge is 2.59. The smallest absolute Gasteiger partial charge is 0.0124 e. The van der Waals surface area contributed by atoms with Gasteiger partial charge >= 0.3 is 0 Å². The van der Waals surface area contributed by atoms with Crippen LogP contribution in [-0.4, -0.2) is 25.0 Å². The molecule has 1 saturated carbocycles. The lowest BCUT2D eigenvalue weighted by molar-refractivity contribution is 0.363. The average Bonchev–Trinajstić information content (AvgIpc) is 2.71. The summed E-state index contributed by atoms with van der Waals surface area (Å²) in [6, 6.07) is 9.15. The Kier molecular flexibility index (Phi) is 2.56. The number of nitrogens with zero attached hydrogens (tertiary/aromatic N) is 1. The van der Waals surface area contributed by atoms with E-state index >= 15 is 0 Å². The van der Waals surface area contributed by atoms with Gasteiger partial charge in [-0.05, 0) is 31.9 Å². The third kappa shape index (κ3) is 1.58. The van der Waals surface area contributed by atoms with Gasteiger partial charge in [-0.3, -0.25) is 0 Å². The summed E-state index contributed by atoms with van der Waals surface area (Å²) in [5.41, 5.74) is 3.48. The number of piperidine rings is 1. The molecule has 1 aliphatic heterocycles. The second-order valence-electron chi connectivity index (χ2n) is 5.12. The second-order valence-corrected chi connectivity index (χ2v) is 5.12. The summed E-state index contributed by atoms with van der Waals surface area (Å²) in [7, 11) is 2.24. The number of hydrogen-bond donors (Lipinski definition) is 0. The molecule has 0 amide bonds. The Hall–Kier alpha value is -0.530. The summed E-state index contributed by atoms with van der Waals surface area (Å²) in [4.78, 5) is 2.47. The molecule has 82 valence electrons. The fourth-order valence-electron chi connectivity index (χ4n) is 3.07. The monoisotopic (exact) mass is 223 g/mol. The van der Waals surface area contributed by atoms with Gasteiger partial charge in [-0.1, -0.05) is 29.8 Å². The minimum Gasteiger partial charge on any atom is -0.305 e. The maximum Gasteiger partial charge on any atom is 0.0124 e. The molecule has 0 spiro atoms. The molecule has 2 atom stereocenters. The SMILES string of the molecule is Cc1ccc(C23CC2CN(C)C3)cc1.Cl. The van der Waals surface area contributed by atoms with Crippen LogP contribution in [-0.2, 0) is 5.41 Å². The van der Waals surface area contributed by atoms with E-state index in [4.69, 9.17) is 0 Å². The molecule has 0 N–H and O–H groups in total. The maximum absolute atomic E-state index is 2.47. The highest BCUT2D eigenvalue weighted by Crippen LogP contribution is 2.58. The van der Waals surface area contributed by atoms with E-state index in [2.05, 4.69) is 43.1 Å². The van der Waals surface area contributed by atoms with Gasteiger partial charge < -0.3 is 4.90 Å². The molecule has 1 nitrogen and oxygen atoms in total. The van der Waals surface area contributed by atoms with Crippen LogP contribution in [0.25, 0.3) is 0 Å².